The van der Waals surface area contributed by atoms with E-state index in [1.165, 1.54) is 5.30 Å². The molecular formula is C17H26NP. The molecule has 1 unspecified atom stereocenters. The molecule has 1 heterocycles. The van der Waals surface area contributed by atoms with Crippen molar-refractivity contribution >= 4 is 13.2 Å². The van der Waals surface area contributed by atoms with Gasteiger partial charge >= 0.3 is 0 Å². The van der Waals surface area contributed by atoms with E-state index in [4.69, 9.17) is 0 Å². The monoisotopic (exact) mass is 275 g/mol. The summed E-state index contributed by atoms with van der Waals surface area (Å²) < 4.78 is 2.34. The molecule has 0 spiro atoms. The minimum Gasteiger partial charge on any atom is -0.348 e. The molecule has 2 rings (SSSR count). The minimum atomic E-state index is -0.246. The van der Waals surface area contributed by atoms with Gasteiger partial charge in [-0.3, -0.25) is 0 Å². The molecule has 19 heavy (non-hydrogen) atoms. The van der Waals surface area contributed by atoms with Gasteiger partial charge in [-0.1, -0.05) is 39.0 Å². The minimum absolute atomic E-state index is 0.166. The van der Waals surface area contributed by atoms with Crippen molar-refractivity contribution in [1.82, 2.24) is 4.57 Å². The van der Waals surface area contributed by atoms with E-state index in [-0.39, 0.29) is 13.5 Å². The zero-order valence-corrected chi connectivity index (χ0v) is 14.0. The topological polar surface area (TPSA) is 4.93 Å². The van der Waals surface area contributed by atoms with Gasteiger partial charge < -0.3 is 4.57 Å². The fourth-order valence-electron chi connectivity index (χ4n) is 2.52. The fourth-order valence-corrected chi connectivity index (χ4v) is 5.47. The largest absolute Gasteiger partial charge is 0.348 e. The molecule has 1 aromatic heterocycles. The Labute approximate surface area is 119 Å². The molecular weight excluding hydrogens is 249 g/mol. The van der Waals surface area contributed by atoms with E-state index in [0.717, 1.165) is 6.42 Å². The second-order valence-electron chi connectivity index (χ2n) is 7.24. The van der Waals surface area contributed by atoms with Crippen molar-refractivity contribution in [2.75, 3.05) is 0 Å². The van der Waals surface area contributed by atoms with Gasteiger partial charge in [0.15, 0.2) is 0 Å². The van der Waals surface area contributed by atoms with E-state index >= 15 is 0 Å². The number of allylic oxidation sites excluding steroid dienone is 4. The van der Waals surface area contributed by atoms with Crippen molar-refractivity contribution in [3.8, 4) is 0 Å². The first-order chi connectivity index (χ1) is 8.69. The van der Waals surface area contributed by atoms with Crippen LogP contribution in [0.3, 0.4) is 0 Å². The number of aromatic nitrogens is 1. The molecule has 104 valence electrons. The Hall–Kier alpha value is -0.810. The zero-order chi connectivity index (χ0) is 14.3. The van der Waals surface area contributed by atoms with Crippen LogP contribution in [0.5, 0.6) is 0 Å². The van der Waals surface area contributed by atoms with Crippen LogP contribution in [0.25, 0.3) is 0 Å². The van der Waals surface area contributed by atoms with Gasteiger partial charge in [-0.15, -0.1) is 0 Å². The third kappa shape index (κ3) is 3.20. The van der Waals surface area contributed by atoms with Crippen molar-refractivity contribution in [2.45, 2.75) is 58.7 Å². The molecule has 0 aromatic carbocycles. The van der Waals surface area contributed by atoms with E-state index in [2.05, 4.69) is 82.8 Å². The molecule has 0 saturated heterocycles. The van der Waals surface area contributed by atoms with Crippen LogP contribution in [0.1, 0.15) is 48.0 Å². The zero-order valence-electron chi connectivity index (χ0n) is 13.1. The third-order valence-corrected chi connectivity index (χ3v) is 6.45. The van der Waals surface area contributed by atoms with Crippen LogP contribution in [-0.2, 0) is 5.54 Å². The van der Waals surface area contributed by atoms with Gasteiger partial charge in [0.2, 0.25) is 0 Å². The van der Waals surface area contributed by atoms with Crippen molar-refractivity contribution in [1.29, 1.82) is 0 Å². The van der Waals surface area contributed by atoms with E-state index in [9.17, 15) is 0 Å². The molecule has 0 aliphatic heterocycles. The Morgan fingerprint density at radius 3 is 2.21 bits per heavy atom. The van der Waals surface area contributed by atoms with Crippen molar-refractivity contribution in [3.05, 3.63) is 42.0 Å². The highest BCUT2D eigenvalue weighted by Crippen LogP contribution is 2.57. The highest BCUT2D eigenvalue weighted by Gasteiger charge is 2.30. The average Bonchev–Trinajstić information content (AvgIpc) is 2.85. The molecule has 1 aromatic rings. The third-order valence-electron chi connectivity index (χ3n) is 3.42. The summed E-state index contributed by atoms with van der Waals surface area (Å²) in [7, 11) is -0.246. The SMILES string of the molecule is CC(C)(C)n1ccc(P(C2=CC=CC2)C(C)(C)C)c1. The van der Waals surface area contributed by atoms with E-state index in [1.807, 2.05) is 0 Å². The number of nitrogens with zero attached hydrogens (tertiary/aromatic N) is 1. The molecule has 1 aliphatic rings. The standard InChI is InChI=1S/C17H26NP/c1-16(2,3)18-12-11-15(13-18)19(17(4,5)6)14-9-7-8-10-14/h7-9,11-13H,10H2,1-6H3. The smallest absolute Gasteiger partial charge is 0.0355 e. The Morgan fingerprint density at radius 2 is 1.79 bits per heavy atom. The summed E-state index contributed by atoms with van der Waals surface area (Å²) in [5.74, 6) is 0. The van der Waals surface area contributed by atoms with E-state index < -0.39 is 0 Å². The second-order valence-corrected chi connectivity index (χ2v) is 10.3. The van der Waals surface area contributed by atoms with Crippen molar-refractivity contribution < 1.29 is 0 Å². The predicted octanol–water partition coefficient (Wildman–Crippen LogP) is 4.99. The summed E-state index contributed by atoms with van der Waals surface area (Å²) >= 11 is 0. The van der Waals surface area contributed by atoms with E-state index in [0.29, 0.717) is 5.16 Å². The number of rotatable bonds is 2. The summed E-state index contributed by atoms with van der Waals surface area (Å²) in [6, 6.07) is 2.32. The highest BCUT2D eigenvalue weighted by molar-refractivity contribution is 7.71. The Bertz CT molecular complexity index is 506. The molecule has 1 atom stereocenters. The van der Waals surface area contributed by atoms with Crippen LogP contribution in [-0.4, -0.2) is 9.72 Å². The molecule has 2 heteroatoms. The maximum Gasteiger partial charge on any atom is 0.0355 e. The first-order valence-electron chi connectivity index (χ1n) is 7.04. The second kappa shape index (κ2) is 4.94. The van der Waals surface area contributed by atoms with Crippen LogP contribution in [0, 0.1) is 0 Å². The summed E-state index contributed by atoms with van der Waals surface area (Å²) in [5, 5.41) is 3.43. The lowest BCUT2D eigenvalue weighted by molar-refractivity contribution is 0.399. The summed E-state index contributed by atoms with van der Waals surface area (Å²) in [5.41, 5.74) is 0.166. The lowest BCUT2D eigenvalue weighted by Gasteiger charge is -2.32. The predicted molar refractivity (Wildman–Crippen MR) is 87.6 cm³/mol. The highest BCUT2D eigenvalue weighted by atomic mass is 31.1. The summed E-state index contributed by atoms with van der Waals surface area (Å²) in [6.07, 6.45) is 12.5. The maximum absolute atomic E-state index is 2.37. The lowest BCUT2D eigenvalue weighted by Crippen LogP contribution is -2.22. The molecule has 0 fully saturated rings. The molecule has 0 N–H and O–H groups in total. The Balaban J connectivity index is 2.37. The lowest BCUT2D eigenvalue weighted by atomic mass is 10.1. The van der Waals surface area contributed by atoms with Gasteiger partial charge in [-0.2, -0.15) is 0 Å². The van der Waals surface area contributed by atoms with Gasteiger partial charge in [-0.25, -0.2) is 0 Å². The van der Waals surface area contributed by atoms with Gasteiger partial charge in [0, 0.05) is 17.9 Å². The van der Waals surface area contributed by atoms with Crippen LogP contribution in [0.2, 0.25) is 0 Å². The van der Waals surface area contributed by atoms with Crippen molar-refractivity contribution in [3.63, 3.8) is 0 Å². The fraction of sp³-hybridized carbons (Fsp3) is 0.529. The van der Waals surface area contributed by atoms with Crippen molar-refractivity contribution in [2.24, 2.45) is 0 Å². The van der Waals surface area contributed by atoms with Gasteiger partial charge in [0.1, 0.15) is 0 Å². The van der Waals surface area contributed by atoms with Gasteiger partial charge in [0.25, 0.3) is 0 Å². The summed E-state index contributed by atoms with van der Waals surface area (Å²) in [6.45, 7) is 13.9. The molecule has 0 amide bonds. The van der Waals surface area contributed by atoms with E-state index in [1.54, 1.807) is 5.31 Å². The average molecular weight is 275 g/mol. The molecule has 1 aliphatic carbocycles. The summed E-state index contributed by atoms with van der Waals surface area (Å²) in [4.78, 5) is 0. The molecule has 0 saturated carbocycles. The Kier molecular flexibility index (Phi) is 3.80. The molecule has 0 radical (unpaired) electrons. The number of hydrogen-bond donors (Lipinski definition) is 0. The van der Waals surface area contributed by atoms with Crippen LogP contribution < -0.4 is 5.30 Å². The quantitative estimate of drug-likeness (QED) is 0.670. The first-order valence-corrected chi connectivity index (χ1v) is 8.38. The van der Waals surface area contributed by atoms with Crippen LogP contribution in [0.15, 0.2) is 42.0 Å². The maximum atomic E-state index is 2.37. The van der Waals surface area contributed by atoms with Crippen LogP contribution >= 0.6 is 7.92 Å². The molecule has 1 nitrogen and oxygen atoms in total. The Morgan fingerprint density at radius 1 is 1.11 bits per heavy atom. The van der Waals surface area contributed by atoms with Gasteiger partial charge in [0.05, 0.1) is 0 Å². The van der Waals surface area contributed by atoms with Crippen LogP contribution in [0.4, 0.5) is 0 Å². The van der Waals surface area contributed by atoms with Gasteiger partial charge in [-0.05, 0) is 57.0 Å². The first kappa shape index (κ1) is 14.6. The number of hydrogen-bond acceptors (Lipinski definition) is 0. The normalized spacial score (nSPS) is 17.7. The molecule has 0 bridgehead atoms.